The van der Waals surface area contributed by atoms with Crippen molar-refractivity contribution in [1.82, 2.24) is 10.6 Å². The third-order valence-electron chi connectivity index (χ3n) is 2.24. The minimum Gasteiger partial charge on any atom is -0.480 e. The van der Waals surface area contributed by atoms with Crippen molar-refractivity contribution in [3.8, 4) is 0 Å². The summed E-state index contributed by atoms with van der Waals surface area (Å²) in [6.07, 6.45) is -0.966. The molecular weight excluding hydrogens is 244 g/mol. The van der Waals surface area contributed by atoms with Crippen molar-refractivity contribution in [3.05, 3.63) is 0 Å². The Morgan fingerprint density at radius 3 is 1.83 bits per heavy atom. The second-order valence-electron chi connectivity index (χ2n) is 3.99. The fourth-order valence-corrected chi connectivity index (χ4v) is 1.23. The lowest BCUT2D eigenvalue weighted by molar-refractivity contribution is -0.171. The highest BCUT2D eigenvalue weighted by Crippen LogP contribution is 2.24. The summed E-state index contributed by atoms with van der Waals surface area (Å²) in [5, 5.41) is 22.3. The van der Waals surface area contributed by atoms with Crippen molar-refractivity contribution in [2.75, 3.05) is 7.05 Å². The van der Waals surface area contributed by atoms with Crippen molar-refractivity contribution in [1.29, 1.82) is 0 Å². The minimum absolute atomic E-state index is 0.444. The Hall–Kier alpha value is -2.12. The maximum absolute atomic E-state index is 11.8. The first-order valence-electron chi connectivity index (χ1n) is 5.16. The third kappa shape index (κ3) is 3.19. The van der Waals surface area contributed by atoms with Crippen molar-refractivity contribution >= 4 is 23.8 Å². The van der Waals surface area contributed by atoms with Gasteiger partial charge in [0.1, 0.15) is 0 Å². The molecule has 0 aromatic rings. The van der Waals surface area contributed by atoms with Crippen LogP contribution in [-0.4, -0.2) is 47.1 Å². The van der Waals surface area contributed by atoms with E-state index in [9.17, 15) is 19.2 Å². The van der Waals surface area contributed by atoms with Crippen LogP contribution in [0.4, 0.5) is 0 Å². The van der Waals surface area contributed by atoms with Crippen LogP contribution in [0.5, 0.6) is 0 Å². The highest BCUT2D eigenvalue weighted by Gasteiger charge is 2.55. The van der Waals surface area contributed by atoms with E-state index in [2.05, 4.69) is 10.6 Å². The Bertz CT molecular complexity index is 363. The van der Waals surface area contributed by atoms with Gasteiger partial charge in [-0.3, -0.25) is 19.2 Å². The number of hydrogen-bond acceptors (Lipinski definition) is 4. The molecule has 0 heterocycles. The Labute approximate surface area is 103 Å². The Kier molecular flexibility index (Phi) is 5.28. The molecule has 0 saturated carbocycles. The molecular formula is C10H16N2O6. The van der Waals surface area contributed by atoms with Crippen LogP contribution in [0.15, 0.2) is 0 Å². The van der Waals surface area contributed by atoms with Crippen LogP contribution in [0, 0.1) is 5.41 Å². The lowest BCUT2D eigenvalue weighted by Gasteiger charge is -2.24. The van der Waals surface area contributed by atoms with Crippen LogP contribution in [0.2, 0.25) is 0 Å². The highest BCUT2D eigenvalue weighted by molar-refractivity contribution is 6.20. The topological polar surface area (TPSA) is 133 Å². The van der Waals surface area contributed by atoms with Gasteiger partial charge in [-0.05, 0) is 13.8 Å². The lowest BCUT2D eigenvalue weighted by atomic mass is 9.82. The Morgan fingerprint density at radius 2 is 1.56 bits per heavy atom. The number of aliphatic carboxylic acids is 2. The van der Waals surface area contributed by atoms with E-state index in [1.54, 1.807) is 13.8 Å². The number of carboxylic acid groups (broad SMARTS) is 2. The molecule has 0 aromatic heterocycles. The normalized spacial score (nSPS) is 10.9. The van der Waals surface area contributed by atoms with Crippen molar-refractivity contribution in [2.24, 2.45) is 5.41 Å². The molecule has 8 heteroatoms. The van der Waals surface area contributed by atoms with Gasteiger partial charge < -0.3 is 20.8 Å². The molecule has 0 radical (unpaired) electrons. The number of nitrogens with one attached hydrogen (secondary N) is 2. The molecule has 8 nitrogen and oxygen atoms in total. The first-order chi connectivity index (χ1) is 8.18. The molecule has 0 aliphatic carbocycles. The molecule has 0 aliphatic rings. The minimum atomic E-state index is -2.82. The smallest absolute Gasteiger partial charge is 0.331 e. The van der Waals surface area contributed by atoms with Gasteiger partial charge in [0.15, 0.2) is 0 Å². The number of hydrogen-bond donors (Lipinski definition) is 4. The quantitative estimate of drug-likeness (QED) is 0.443. The predicted molar refractivity (Wildman–Crippen MR) is 59.7 cm³/mol. The van der Waals surface area contributed by atoms with Crippen LogP contribution in [-0.2, 0) is 19.2 Å². The summed E-state index contributed by atoms with van der Waals surface area (Å²) < 4.78 is 0. The van der Waals surface area contributed by atoms with Crippen LogP contribution in [0.1, 0.15) is 20.3 Å². The van der Waals surface area contributed by atoms with Crippen LogP contribution >= 0.6 is 0 Å². The molecule has 0 rings (SSSR count). The largest absolute Gasteiger partial charge is 0.480 e. The summed E-state index contributed by atoms with van der Waals surface area (Å²) in [4.78, 5) is 45.2. The van der Waals surface area contributed by atoms with E-state index in [0.717, 1.165) is 0 Å². The molecule has 0 bridgehead atoms. The first-order valence-corrected chi connectivity index (χ1v) is 5.16. The summed E-state index contributed by atoms with van der Waals surface area (Å²) in [7, 11) is 1.22. The van der Waals surface area contributed by atoms with Gasteiger partial charge in [-0.2, -0.15) is 0 Å². The van der Waals surface area contributed by atoms with Crippen LogP contribution in [0.3, 0.4) is 0 Å². The van der Waals surface area contributed by atoms with Gasteiger partial charge in [-0.25, -0.2) is 0 Å². The second-order valence-corrected chi connectivity index (χ2v) is 3.99. The van der Waals surface area contributed by atoms with Crippen LogP contribution in [0.25, 0.3) is 0 Å². The standard InChI is InChI=1S/C10H16N2O6/c1-5(2)12-7(14)10(8(15)16,9(17)18)4-6(13)11-3/h5H,4H2,1-3H3,(H,11,13)(H,12,14)(H,15,16)(H,17,18). The van der Waals surface area contributed by atoms with Crippen molar-refractivity contribution < 1.29 is 29.4 Å². The Morgan fingerprint density at radius 1 is 1.11 bits per heavy atom. The summed E-state index contributed by atoms with van der Waals surface area (Å²) in [6.45, 7) is 3.10. The molecule has 2 amide bonds. The summed E-state index contributed by atoms with van der Waals surface area (Å²) in [5.74, 6) is -5.83. The van der Waals surface area contributed by atoms with E-state index in [-0.39, 0.29) is 0 Å². The van der Waals surface area contributed by atoms with E-state index < -0.39 is 41.6 Å². The van der Waals surface area contributed by atoms with E-state index in [0.29, 0.717) is 0 Å². The van der Waals surface area contributed by atoms with Gasteiger partial charge in [-0.15, -0.1) is 0 Å². The molecule has 18 heavy (non-hydrogen) atoms. The molecule has 0 aliphatic heterocycles. The number of amides is 2. The average Bonchev–Trinajstić information content (AvgIpc) is 2.23. The van der Waals surface area contributed by atoms with Gasteiger partial charge in [-0.1, -0.05) is 0 Å². The van der Waals surface area contributed by atoms with Gasteiger partial charge in [0.05, 0.1) is 6.42 Å². The maximum Gasteiger partial charge on any atom is 0.331 e. The maximum atomic E-state index is 11.8. The van der Waals surface area contributed by atoms with E-state index in [1.165, 1.54) is 7.05 Å². The van der Waals surface area contributed by atoms with E-state index in [4.69, 9.17) is 10.2 Å². The van der Waals surface area contributed by atoms with Crippen molar-refractivity contribution in [3.63, 3.8) is 0 Å². The number of carbonyl (C=O) groups is 4. The zero-order valence-corrected chi connectivity index (χ0v) is 10.3. The molecule has 0 unspecified atom stereocenters. The molecule has 4 N–H and O–H groups in total. The van der Waals surface area contributed by atoms with Gasteiger partial charge >= 0.3 is 11.9 Å². The molecule has 102 valence electrons. The molecule has 0 aromatic carbocycles. The number of carbonyl (C=O) groups excluding carboxylic acids is 2. The molecule has 0 saturated heterocycles. The fourth-order valence-electron chi connectivity index (χ4n) is 1.23. The van der Waals surface area contributed by atoms with Gasteiger partial charge in [0.25, 0.3) is 5.41 Å². The van der Waals surface area contributed by atoms with Gasteiger partial charge in [0, 0.05) is 13.1 Å². The summed E-state index contributed by atoms with van der Waals surface area (Å²) in [6, 6.07) is -0.444. The van der Waals surface area contributed by atoms with E-state index in [1.807, 2.05) is 0 Å². The zero-order valence-electron chi connectivity index (χ0n) is 10.3. The van der Waals surface area contributed by atoms with Crippen LogP contribution < -0.4 is 10.6 Å². The summed E-state index contributed by atoms with van der Waals surface area (Å²) >= 11 is 0. The first kappa shape index (κ1) is 15.9. The lowest BCUT2D eigenvalue weighted by Crippen LogP contribution is -2.55. The molecule has 0 atom stereocenters. The molecule has 0 fully saturated rings. The number of carboxylic acids is 2. The van der Waals surface area contributed by atoms with Gasteiger partial charge in [0.2, 0.25) is 11.8 Å². The summed E-state index contributed by atoms with van der Waals surface area (Å²) in [5.41, 5.74) is -2.82. The predicted octanol–water partition coefficient (Wildman–Crippen LogP) is -1.20. The van der Waals surface area contributed by atoms with Crippen molar-refractivity contribution in [2.45, 2.75) is 26.3 Å². The monoisotopic (exact) mass is 260 g/mol. The van der Waals surface area contributed by atoms with E-state index >= 15 is 0 Å². The fraction of sp³-hybridized carbons (Fsp3) is 0.600. The highest BCUT2D eigenvalue weighted by atomic mass is 16.4. The number of rotatable bonds is 6. The Balaban J connectivity index is 5.49. The molecule has 0 spiro atoms. The third-order valence-corrected chi connectivity index (χ3v) is 2.24. The average molecular weight is 260 g/mol. The SMILES string of the molecule is CNC(=O)CC(C(=O)O)(C(=O)O)C(=O)NC(C)C. The second kappa shape index (κ2) is 5.99. The zero-order chi connectivity index (χ0) is 14.5.